The van der Waals surface area contributed by atoms with Gasteiger partial charge in [-0.25, -0.2) is 0 Å². The second-order valence-corrected chi connectivity index (χ2v) is 4.41. The van der Waals surface area contributed by atoms with Crippen molar-refractivity contribution in [1.82, 2.24) is 0 Å². The van der Waals surface area contributed by atoms with Crippen molar-refractivity contribution in [2.24, 2.45) is 0 Å². The summed E-state index contributed by atoms with van der Waals surface area (Å²) in [5.74, 6) is 7.02. The zero-order chi connectivity index (χ0) is 13.4. The van der Waals surface area contributed by atoms with Crippen LogP contribution in [-0.2, 0) is 4.74 Å². The number of hydrogen-bond donors (Lipinski definition) is 0. The first-order chi connectivity index (χ1) is 8.67. The van der Waals surface area contributed by atoms with E-state index in [-0.39, 0.29) is 6.10 Å². The highest BCUT2D eigenvalue weighted by atomic mass is 35.5. The summed E-state index contributed by atoms with van der Waals surface area (Å²) in [7, 11) is 1.69. The first kappa shape index (κ1) is 14.9. The third-order valence-electron chi connectivity index (χ3n) is 2.48. The second kappa shape index (κ2) is 8.02. The van der Waals surface area contributed by atoms with Gasteiger partial charge >= 0.3 is 0 Å². The van der Waals surface area contributed by atoms with Crippen LogP contribution < -0.4 is 4.74 Å². The van der Waals surface area contributed by atoms with E-state index in [0.717, 1.165) is 23.3 Å². The van der Waals surface area contributed by atoms with Crippen molar-refractivity contribution in [2.45, 2.75) is 26.4 Å². The van der Waals surface area contributed by atoms with E-state index in [1.165, 1.54) is 0 Å². The number of aryl methyl sites for hydroxylation is 1. The van der Waals surface area contributed by atoms with Crippen LogP contribution in [0.3, 0.4) is 0 Å². The molecule has 0 saturated heterocycles. The van der Waals surface area contributed by atoms with Crippen molar-refractivity contribution in [1.29, 1.82) is 0 Å². The lowest BCUT2D eigenvalue weighted by molar-refractivity contribution is 0.135. The maximum atomic E-state index is 5.87. The molecule has 0 N–H and O–H groups in total. The predicted molar refractivity (Wildman–Crippen MR) is 75.4 cm³/mol. The minimum absolute atomic E-state index is 0.101. The Hall–Kier alpha value is -1.17. The van der Waals surface area contributed by atoms with E-state index < -0.39 is 0 Å². The largest absolute Gasteiger partial charge is 0.489 e. The first-order valence-electron chi connectivity index (χ1n) is 5.98. The molecule has 98 valence electrons. The molecule has 0 fully saturated rings. The topological polar surface area (TPSA) is 18.5 Å². The van der Waals surface area contributed by atoms with Gasteiger partial charge in [0.25, 0.3) is 0 Å². The number of alkyl halides is 1. The summed E-state index contributed by atoms with van der Waals surface area (Å²) in [5, 5.41) is 0. The summed E-state index contributed by atoms with van der Waals surface area (Å²) in [6.45, 7) is 4.75. The summed E-state index contributed by atoms with van der Waals surface area (Å²) < 4.78 is 10.9. The number of rotatable bonds is 5. The maximum absolute atomic E-state index is 5.87. The van der Waals surface area contributed by atoms with Gasteiger partial charge in [0, 0.05) is 20.1 Å². The van der Waals surface area contributed by atoms with Gasteiger partial charge in [-0.3, -0.25) is 0 Å². The number of ether oxygens (including phenoxy) is 2. The quantitative estimate of drug-likeness (QED) is 0.601. The molecule has 0 aliphatic carbocycles. The predicted octanol–water partition coefficient (Wildman–Crippen LogP) is 3.39. The fourth-order valence-electron chi connectivity index (χ4n) is 1.53. The summed E-state index contributed by atoms with van der Waals surface area (Å²) in [5.41, 5.74) is 2.05. The molecule has 0 aromatic heterocycles. The van der Waals surface area contributed by atoms with Gasteiger partial charge in [0.15, 0.2) is 0 Å². The van der Waals surface area contributed by atoms with Gasteiger partial charge in [0.1, 0.15) is 5.75 Å². The van der Waals surface area contributed by atoms with E-state index >= 15 is 0 Å². The smallest absolute Gasteiger partial charge is 0.135 e. The van der Waals surface area contributed by atoms with Crippen LogP contribution in [0.1, 0.15) is 24.5 Å². The van der Waals surface area contributed by atoms with Crippen molar-refractivity contribution in [3.05, 3.63) is 29.3 Å². The molecule has 0 amide bonds. The Labute approximate surface area is 114 Å². The highest BCUT2D eigenvalue weighted by Gasteiger charge is 2.07. The van der Waals surface area contributed by atoms with E-state index in [2.05, 4.69) is 11.8 Å². The fourth-order valence-corrected chi connectivity index (χ4v) is 1.60. The van der Waals surface area contributed by atoms with E-state index in [1.54, 1.807) is 7.11 Å². The number of hydrogen-bond acceptors (Lipinski definition) is 2. The van der Waals surface area contributed by atoms with Crippen molar-refractivity contribution >= 4 is 11.6 Å². The van der Waals surface area contributed by atoms with Gasteiger partial charge in [-0.05, 0) is 31.5 Å². The molecule has 0 radical (unpaired) electrons. The van der Waals surface area contributed by atoms with Gasteiger partial charge < -0.3 is 9.47 Å². The SMILES string of the molecule is COCCC(C)Oc1ccc(C)cc1C#CCCl. The van der Waals surface area contributed by atoms with Gasteiger partial charge in [-0.1, -0.05) is 17.9 Å². The molecule has 1 aromatic rings. The van der Waals surface area contributed by atoms with Crippen LogP contribution in [0.5, 0.6) is 5.75 Å². The molecule has 1 rings (SSSR count). The molecular formula is C15H19ClO2. The van der Waals surface area contributed by atoms with E-state index in [9.17, 15) is 0 Å². The van der Waals surface area contributed by atoms with E-state index in [1.807, 2.05) is 32.0 Å². The average Bonchev–Trinajstić information content (AvgIpc) is 2.36. The molecule has 18 heavy (non-hydrogen) atoms. The molecule has 0 heterocycles. The van der Waals surface area contributed by atoms with Gasteiger partial charge in [0.05, 0.1) is 17.5 Å². The van der Waals surface area contributed by atoms with Crippen molar-refractivity contribution in [3.63, 3.8) is 0 Å². The molecule has 2 nitrogen and oxygen atoms in total. The lowest BCUT2D eigenvalue weighted by atomic mass is 10.1. The number of methoxy groups -OCH3 is 1. The van der Waals surface area contributed by atoms with E-state index in [4.69, 9.17) is 21.1 Å². The van der Waals surface area contributed by atoms with Crippen LogP contribution >= 0.6 is 11.6 Å². The highest BCUT2D eigenvalue weighted by molar-refractivity contribution is 6.19. The van der Waals surface area contributed by atoms with Crippen molar-refractivity contribution < 1.29 is 9.47 Å². The van der Waals surface area contributed by atoms with Crippen LogP contribution in [0, 0.1) is 18.8 Å². The molecule has 0 aliphatic heterocycles. The summed E-state index contributed by atoms with van der Waals surface area (Å²) in [6, 6.07) is 5.99. The Kier molecular flexibility index (Phi) is 6.64. The number of benzene rings is 1. The fraction of sp³-hybridized carbons (Fsp3) is 0.467. The molecule has 1 aromatic carbocycles. The maximum Gasteiger partial charge on any atom is 0.135 e. The zero-order valence-corrected chi connectivity index (χ0v) is 11.9. The first-order valence-corrected chi connectivity index (χ1v) is 6.52. The van der Waals surface area contributed by atoms with Crippen molar-refractivity contribution in [3.8, 4) is 17.6 Å². The zero-order valence-electron chi connectivity index (χ0n) is 11.1. The van der Waals surface area contributed by atoms with Crippen LogP contribution in [0.25, 0.3) is 0 Å². The average molecular weight is 267 g/mol. The molecule has 1 atom stereocenters. The Morgan fingerprint density at radius 2 is 2.17 bits per heavy atom. The monoisotopic (exact) mass is 266 g/mol. The standard InChI is InChI=1S/C15H19ClO2/c1-12-6-7-15(14(11-12)5-4-9-16)18-13(2)8-10-17-3/h6-7,11,13H,8-10H2,1-3H3. The molecule has 0 aliphatic rings. The van der Waals surface area contributed by atoms with Gasteiger partial charge in [-0.2, -0.15) is 0 Å². The Morgan fingerprint density at radius 1 is 1.39 bits per heavy atom. The third kappa shape index (κ3) is 5.00. The van der Waals surface area contributed by atoms with Crippen LogP contribution in [0.15, 0.2) is 18.2 Å². The lowest BCUT2D eigenvalue weighted by Gasteiger charge is -2.15. The molecule has 0 spiro atoms. The van der Waals surface area contributed by atoms with Crippen LogP contribution in [-0.4, -0.2) is 25.7 Å². The molecule has 1 unspecified atom stereocenters. The summed E-state index contributed by atoms with van der Waals surface area (Å²) in [4.78, 5) is 0. The highest BCUT2D eigenvalue weighted by Crippen LogP contribution is 2.21. The van der Waals surface area contributed by atoms with Crippen LogP contribution in [0.2, 0.25) is 0 Å². The Morgan fingerprint density at radius 3 is 2.83 bits per heavy atom. The van der Waals surface area contributed by atoms with Gasteiger partial charge in [-0.15, -0.1) is 11.6 Å². The molecule has 0 saturated carbocycles. The molecule has 3 heteroatoms. The summed E-state index contributed by atoms with van der Waals surface area (Å²) >= 11 is 5.59. The summed E-state index contributed by atoms with van der Waals surface area (Å²) in [6.07, 6.45) is 0.955. The molecular weight excluding hydrogens is 248 g/mol. The number of halogens is 1. The Bertz CT molecular complexity index is 432. The normalized spacial score (nSPS) is 11.6. The van der Waals surface area contributed by atoms with Gasteiger partial charge in [0.2, 0.25) is 0 Å². The third-order valence-corrected chi connectivity index (χ3v) is 2.62. The molecule has 0 bridgehead atoms. The van der Waals surface area contributed by atoms with E-state index in [0.29, 0.717) is 12.5 Å². The lowest BCUT2D eigenvalue weighted by Crippen LogP contribution is -2.14. The second-order valence-electron chi connectivity index (χ2n) is 4.14. The van der Waals surface area contributed by atoms with Crippen LogP contribution in [0.4, 0.5) is 0 Å². The minimum atomic E-state index is 0.101. The van der Waals surface area contributed by atoms with Crippen molar-refractivity contribution in [2.75, 3.05) is 19.6 Å². The Balaban J connectivity index is 2.80. The minimum Gasteiger partial charge on any atom is -0.489 e.